The minimum atomic E-state index is -0.171. The predicted octanol–water partition coefficient (Wildman–Crippen LogP) is 3.54. The van der Waals surface area contributed by atoms with Crippen LogP contribution in [-0.2, 0) is 12.8 Å². The molecule has 1 nitrogen and oxygen atoms in total. The Hall–Kier alpha value is -0.940. The second kappa shape index (κ2) is 6.29. The van der Waals surface area contributed by atoms with Crippen LogP contribution in [0.25, 0.3) is 0 Å². The van der Waals surface area contributed by atoms with E-state index in [1.54, 1.807) is 12.1 Å². The van der Waals surface area contributed by atoms with Crippen LogP contribution in [0.3, 0.4) is 0 Å². The van der Waals surface area contributed by atoms with Gasteiger partial charge in [-0.1, -0.05) is 30.3 Å². The lowest BCUT2D eigenvalue weighted by Crippen LogP contribution is -2.25. The van der Waals surface area contributed by atoms with Crippen molar-refractivity contribution < 1.29 is 4.39 Å². The topological polar surface area (TPSA) is 26.0 Å². The lowest BCUT2D eigenvalue weighted by molar-refractivity contribution is 0.584. The zero-order chi connectivity index (χ0) is 13.0. The van der Waals surface area contributed by atoms with Crippen molar-refractivity contribution in [3.05, 3.63) is 69.0 Å². The summed E-state index contributed by atoms with van der Waals surface area (Å²) < 4.78 is 14.7. The van der Waals surface area contributed by atoms with E-state index in [1.165, 1.54) is 15.2 Å². The Morgan fingerprint density at radius 1 is 1.00 bits per heavy atom. The number of rotatable bonds is 4. The first-order valence-electron chi connectivity index (χ1n) is 5.88. The van der Waals surface area contributed by atoms with Gasteiger partial charge in [0.2, 0.25) is 0 Å². The van der Waals surface area contributed by atoms with E-state index in [-0.39, 0.29) is 11.9 Å². The molecule has 0 saturated carbocycles. The van der Waals surface area contributed by atoms with Crippen molar-refractivity contribution in [1.82, 2.24) is 0 Å². The molecule has 18 heavy (non-hydrogen) atoms. The van der Waals surface area contributed by atoms with Crippen LogP contribution in [0.15, 0.2) is 48.5 Å². The van der Waals surface area contributed by atoms with Gasteiger partial charge in [-0.15, -0.1) is 0 Å². The van der Waals surface area contributed by atoms with Gasteiger partial charge in [-0.3, -0.25) is 0 Å². The Balaban J connectivity index is 1.99. The van der Waals surface area contributed by atoms with E-state index < -0.39 is 0 Å². The van der Waals surface area contributed by atoms with E-state index in [9.17, 15) is 4.39 Å². The van der Waals surface area contributed by atoms with Gasteiger partial charge in [0.1, 0.15) is 5.82 Å². The van der Waals surface area contributed by atoms with Gasteiger partial charge in [0.15, 0.2) is 0 Å². The average molecular weight is 355 g/mol. The molecular weight excluding hydrogens is 340 g/mol. The molecule has 0 aliphatic heterocycles. The molecule has 0 aromatic heterocycles. The normalized spacial score (nSPS) is 12.4. The predicted molar refractivity (Wildman–Crippen MR) is 80.9 cm³/mol. The van der Waals surface area contributed by atoms with Crippen molar-refractivity contribution in [2.24, 2.45) is 5.73 Å². The van der Waals surface area contributed by atoms with Gasteiger partial charge in [0, 0.05) is 9.61 Å². The molecule has 1 atom stereocenters. The first-order chi connectivity index (χ1) is 8.65. The highest BCUT2D eigenvalue weighted by atomic mass is 127. The first-order valence-corrected chi connectivity index (χ1v) is 6.96. The number of hydrogen-bond donors (Lipinski definition) is 1. The minimum Gasteiger partial charge on any atom is -0.327 e. The molecule has 0 radical (unpaired) electrons. The van der Waals surface area contributed by atoms with Crippen molar-refractivity contribution in [3.63, 3.8) is 0 Å². The summed E-state index contributed by atoms with van der Waals surface area (Å²) in [5.41, 5.74) is 7.96. The third kappa shape index (κ3) is 3.78. The van der Waals surface area contributed by atoms with Gasteiger partial charge in [-0.2, -0.15) is 0 Å². The maximum atomic E-state index is 13.5. The molecule has 2 aromatic rings. The molecule has 0 saturated heterocycles. The SMILES string of the molecule is NC(Cc1ccc(I)cc1)Cc1ccccc1F. The second-order valence-corrected chi connectivity index (χ2v) is 5.63. The maximum Gasteiger partial charge on any atom is 0.126 e. The van der Waals surface area contributed by atoms with E-state index >= 15 is 0 Å². The van der Waals surface area contributed by atoms with Crippen molar-refractivity contribution in [3.8, 4) is 0 Å². The van der Waals surface area contributed by atoms with E-state index in [0.29, 0.717) is 12.0 Å². The van der Waals surface area contributed by atoms with Crippen LogP contribution < -0.4 is 5.73 Å². The number of benzene rings is 2. The average Bonchev–Trinajstić information content (AvgIpc) is 2.35. The van der Waals surface area contributed by atoms with E-state index in [4.69, 9.17) is 5.73 Å². The van der Waals surface area contributed by atoms with Gasteiger partial charge in [-0.05, 0) is 64.8 Å². The second-order valence-electron chi connectivity index (χ2n) is 4.39. The molecule has 2 N–H and O–H groups in total. The Kier molecular flexibility index (Phi) is 4.72. The molecule has 0 fully saturated rings. The Bertz CT molecular complexity index is 510. The lowest BCUT2D eigenvalue weighted by Gasteiger charge is -2.12. The van der Waals surface area contributed by atoms with Crippen molar-refractivity contribution >= 4 is 22.6 Å². The fourth-order valence-corrected chi connectivity index (χ4v) is 2.30. The van der Waals surface area contributed by atoms with Gasteiger partial charge in [-0.25, -0.2) is 4.39 Å². The summed E-state index contributed by atoms with van der Waals surface area (Å²) in [5, 5.41) is 0. The molecular formula is C15H15FIN. The minimum absolute atomic E-state index is 0.0537. The zero-order valence-electron chi connectivity index (χ0n) is 9.94. The molecule has 0 aliphatic rings. The third-order valence-electron chi connectivity index (χ3n) is 2.85. The van der Waals surface area contributed by atoms with Crippen LogP contribution in [0.4, 0.5) is 4.39 Å². The molecule has 2 aromatic carbocycles. The van der Waals surface area contributed by atoms with Crippen LogP contribution in [0, 0.1) is 9.39 Å². The molecule has 1 unspecified atom stereocenters. The molecule has 2 rings (SSSR count). The summed E-state index contributed by atoms with van der Waals surface area (Å²) in [4.78, 5) is 0. The highest BCUT2D eigenvalue weighted by Gasteiger charge is 2.08. The number of nitrogens with two attached hydrogens (primary N) is 1. The van der Waals surface area contributed by atoms with Gasteiger partial charge >= 0.3 is 0 Å². The van der Waals surface area contributed by atoms with Crippen LogP contribution in [0.1, 0.15) is 11.1 Å². The van der Waals surface area contributed by atoms with Gasteiger partial charge in [0.25, 0.3) is 0 Å². The molecule has 0 heterocycles. The quantitative estimate of drug-likeness (QED) is 0.835. The van der Waals surface area contributed by atoms with Crippen LogP contribution in [-0.4, -0.2) is 6.04 Å². The molecule has 0 amide bonds. The van der Waals surface area contributed by atoms with Crippen LogP contribution in [0.5, 0.6) is 0 Å². The molecule has 0 bridgehead atoms. The third-order valence-corrected chi connectivity index (χ3v) is 3.57. The lowest BCUT2D eigenvalue weighted by atomic mass is 9.99. The monoisotopic (exact) mass is 355 g/mol. The molecule has 0 aliphatic carbocycles. The van der Waals surface area contributed by atoms with Gasteiger partial charge in [0.05, 0.1) is 0 Å². The molecule has 3 heteroatoms. The van der Waals surface area contributed by atoms with E-state index in [0.717, 1.165) is 6.42 Å². The standard InChI is InChI=1S/C15H15FIN/c16-15-4-2-1-3-12(15)10-14(18)9-11-5-7-13(17)8-6-11/h1-8,14H,9-10,18H2. The summed E-state index contributed by atoms with van der Waals surface area (Å²) in [7, 11) is 0. The summed E-state index contributed by atoms with van der Waals surface area (Å²) in [5.74, 6) is -0.171. The first kappa shape index (κ1) is 13.5. The maximum absolute atomic E-state index is 13.5. The summed E-state index contributed by atoms with van der Waals surface area (Å²) in [6.07, 6.45) is 1.34. The van der Waals surface area contributed by atoms with Crippen molar-refractivity contribution in [2.45, 2.75) is 18.9 Å². The summed E-state index contributed by atoms with van der Waals surface area (Å²) in [6.45, 7) is 0. The summed E-state index contributed by atoms with van der Waals surface area (Å²) in [6, 6.07) is 15.0. The fraction of sp³-hybridized carbons (Fsp3) is 0.200. The van der Waals surface area contributed by atoms with Crippen molar-refractivity contribution in [1.29, 1.82) is 0 Å². The smallest absolute Gasteiger partial charge is 0.126 e. The molecule has 94 valence electrons. The van der Waals surface area contributed by atoms with Crippen LogP contribution in [0.2, 0.25) is 0 Å². The van der Waals surface area contributed by atoms with E-state index in [2.05, 4.69) is 46.9 Å². The highest BCUT2D eigenvalue weighted by Crippen LogP contribution is 2.12. The Morgan fingerprint density at radius 2 is 1.67 bits per heavy atom. The Morgan fingerprint density at radius 3 is 2.33 bits per heavy atom. The molecule has 0 spiro atoms. The van der Waals surface area contributed by atoms with E-state index in [1.807, 2.05) is 6.07 Å². The van der Waals surface area contributed by atoms with Gasteiger partial charge < -0.3 is 5.73 Å². The number of halogens is 2. The van der Waals surface area contributed by atoms with Crippen LogP contribution >= 0.6 is 22.6 Å². The summed E-state index contributed by atoms with van der Waals surface area (Å²) >= 11 is 2.27. The fourth-order valence-electron chi connectivity index (χ4n) is 1.94. The highest BCUT2D eigenvalue weighted by molar-refractivity contribution is 14.1. The Labute approximate surface area is 120 Å². The number of hydrogen-bond acceptors (Lipinski definition) is 1. The van der Waals surface area contributed by atoms with Crippen molar-refractivity contribution in [2.75, 3.05) is 0 Å². The largest absolute Gasteiger partial charge is 0.327 e. The zero-order valence-corrected chi connectivity index (χ0v) is 12.1.